The molecule has 0 saturated heterocycles. The molecule has 1 N–H and O–H groups in total. The second kappa shape index (κ2) is 10.1. The van der Waals surface area contributed by atoms with Crippen molar-refractivity contribution >= 4 is 21.9 Å². The first-order valence-electron chi connectivity index (χ1n) is 11.6. The lowest BCUT2D eigenvalue weighted by atomic mass is 10.1. The zero-order chi connectivity index (χ0) is 26.0. The van der Waals surface area contributed by atoms with Crippen molar-refractivity contribution < 1.29 is 27.5 Å². The summed E-state index contributed by atoms with van der Waals surface area (Å²) in [4.78, 5) is 16.1. The molecule has 1 aromatic heterocycles. The van der Waals surface area contributed by atoms with Crippen molar-refractivity contribution in [2.75, 3.05) is 10.8 Å². The van der Waals surface area contributed by atoms with Gasteiger partial charge in [0.2, 0.25) is 5.89 Å². The average Bonchev–Trinajstić information content (AvgIpc) is 3.24. The molecule has 0 bridgehead atoms. The Morgan fingerprint density at radius 2 is 1.84 bits per heavy atom. The van der Waals surface area contributed by atoms with Gasteiger partial charge in [0.25, 0.3) is 0 Å². The number of ether oxygens (including phenoxy) is 1. The quantitative estimate of drug-likeness (QED) is 0.331. The summed E-state index contributed by atoms with van der Waals surface area (Å²) >= 11 is 0. The van der Waals surface area contributed by atoms with Crippen molar-refractivity contribution in [2.24, 2.45) is 0 Å². The van der Waals surface area contributed by atoms with E-state index in [0.29, 0.717) is 34.3 Å². The molecule has 1 aliphatic heterocycles. The summed E-state index contributed by atoms with van der Waals surface area (Å²) in [5, 5.41) is 9.40. The van der Waals surface area contributed by atoms with Gasteiger partial charge in [-0.15, -0.1) is 0 Å². The molecule has 5 rings (SSSR count). The molecule has 0 atom stereocenters. The Labute approximate surface area is 214 Å². The number of benzene rings is 3. The van der Waals surface area contributed by atoms with Gasteiger partial charge in [0.05, 0.1) is 12.2 Å². The Balaban J connectivity index is 1.30. The minimum atomic E-state index is -4.05. The molecule has 0 amide bonds. The monoisotopic (exact) mass is 519 g/mol. The van der Waals surface area contributed by atoms with E-state index >= 15 is 0 Å². The highest BCUT2D eigenvalue weighted by Crippen LogP contribution is 2.36. The number of rotatable bonds is 10. The van der Waals surface area contributed by atoms with Gasteiger partial charge in [-0.1, -0.05) is 48.5 Å². The average molecular weight is 520 g/mol. The Morgan fingerprint density at radius 3 is 2.59 bits per heavy atom. The fourth-order valence-corrected chi connectivity index (χ4v) is 5.70. The summed E-state index contributed by atoms with van der Waals surface area (Å²) in [6.45, 7) is 1.41. The molecule has 1 aliphatic rings. The molecular weight excluding hydrogens is 494 g/mol. The van der Waals surface area contributed by atoms with Gasteiger partial charge >= 0.3 is 16.2 Å². The Morgan fingerprint density at radius 1 is 1.08 bits per heavy atom. The summed E-state index contributed by atoms with van der Waals surface area (Å²) in [6, 6.07) is 23.6. The largest absolute Gasteiger partial charge is 0.487 e. The van der Waals surface area contributed by atoms with Crippen LogP contribution in [0.4, 0.5) is 5.69 Å². The second-order valence-electron chi connectivity index (χ2n) is 8.63. The maximum Gasteiger partial charge on any atom is 0.318 e. The summed E-state index contributed by atoms with van der Waals surface area (Å²) in [5.41, 5.74) is 3.57. The Bertz CT molecular complexity index is 1530. The van der Waals surface area contributed by atoms with Gasteiger partial charge in [0.15, 0.2) is 0 Å². The number of hydrogen-bond donors (Lipinski definition) is 1. The van der Waals surface area contributed by atoms with Crippen molar-refractivity contribution in [3.05, 3.63) is 101 Å². The van der Waals surface area contributed by atoms with Gasteiger partial charge in [0.1, 0.15) is 30.4 Å². The van der Waals surface area contributed by atoms with Crippen LogP contribution in [0.3, 0.4) is 0 Å². The number of carbonyl (C=O) groups is 1. The van der Waals surface area contributed by atoms with E-state index in [9.17, 15) is 18.3 Å². The molecule has 9 nitrogen and oxygen atoms in total. The van der Waals surface area contributed by atoms with Crippen molar-refractivity contribution in [2.45, 2.75) is 26.6 Å². The van der Waals surface area contributed by atoms with Gasteiger partial charge in [0, 0.05) is 12.1 Å². The molecule has 0 unspecified atom stereocenters. The first-order valence-corrected chi connectivity index (χ1v) is 13.0. The van der Waals surface area contributed by atoms with Crippen LogP contribution in [-0.2, 0) is 34.7 Å². The molecule has 3 aromatic carbocycles. The number of nitrogens with zero attached hydrogens (tertiary/aromatic N) is 3. The molecular formula is C27H25N3O6S. The highest BCUT2D eigenvalue weighted by Gasteiger charge is 2.37. The Kier molecular flexibility index (Phi) is 6.68. The number of carboxylic acids is 1. The lowest BCUT2D eigenvalue weighted by Gasteiger charge is -2.38. The number of fused-ring (bicyclic) bond motifs is 1. The highest BCUT2D eigenvalue weighted by molar-refractivity contribution is 7.90. The van der Waals surface area contributed by atoms with Gasteiger partial charge < -0.3 is 14.3 Å². The van der Waals surface area contributed by atoms with E-state index in [-0.39, 0.29) is 19.7 Å². The van der Waals surface area contributed by atoms with Gasteiger partial charge in [-0.05, 0) is 48.4 Å². The van der Waals surface area contributed by atoms with E-state index in [1.807, 2.05) is 49.4 Å². The number of para-hydroxylation sites is 1. The van der Waals surface area contributed by atoms with Crippen LogP contribution < -0.4 is 9.04 Å². The fourth-order valence-electron chi connectivity index (χ4n) is 4.11. The zero-order valence-corrected chi connectivity index (χ0v) is 20.9. The number of aliphatic carboxylic acids is 1. The second-order valence-corrected chi connectivity index (χ2v) is 10.5. The van der Waals surface area contributed by atoms with Crippen LogP contribution in [0.5, 0.6) is 5.75 Å². The lowest BCUT2D eigenvalue weighted by molar-refractivity contribution is -0.137. The predicted octanol–water partition coefficient (Wildman–Crippen LogP) is 4.38. The number of anilines is 1. The number of carboxylic acid groups (broad SMARTS) is 1. The van der Waals surface area contributed by atoms with Crippen LogP contribution in [0.1, 0.15) is 22.6 Å². The molecule has 37 heavy (non-hydrogen) atoms. The summed E-state index contributed by atoms with van der Waals surface area (Å²) in [5.74, 6) is 0.416. The van der Waals surface area contributed by atoms with Crippen molar-refractivity contribution in [1.29, 1.82) is 0 Å². The van der Waals surface area contributed by atoms with Gasteiger partial charge in [-0.3, -0.25) is 9.10 Å². The summed E-state index contributed by atoms with van der Waals surface area (Å²) in [7, 11) is -4.05. The third-order valence-electron chi connectivity index (χ3n) is 6.04. The Hall–Kier alpha value is -4.15. The van der Waals surface area contributed by atoms with Crippen molar-refractivity contribution in [1.82, 2.24) is 9.29 Å². The van der Waals surface area contributed by atoms with Crippen molar-refractivity contribution in [3.63, 3.8) is 0 Å². The summed E-state index contributed by atoms with van der Waals surface area (Å²) in [6.07, 6.45) is 0. The molecule has 10 heteroatoms. The third kappa shape index (κ3) is 5.20. The molecule has 0 saturated carbocycles. The smallest absolute Gasteiger partial charge is 0.318 e. The van der Waals surface area contributed by atoms with Gasteiger partial charge in [-0.25, -0.2) is 4.98 Å². The first-order chi connectivity index (χ1) is 17.8. The molecule has 190 valence electrons. The molecule has 0 radical (unpaired) electrons. The SMILES string of the molecule is Cc1oc(-c2ccccc2)nc1COc1cccc(CN(CC(=O)O)S(=O)(=O)N2Cc3ccccc32)c1. The topological polar surface area (TPSA) is 113 Å². The maximum absolute atomic E-state index is 13.3. The van der Waals surface area contributed by atoms with E-state index in [1.165, 1.54) is 4.31 Å². The van der Waals surface area contributed by atoms with E-state index in [0.717, 1.165) is 15.4 Å². The van der Waals surface area contributed by atoms with Crippen LogP contribution in [-0.4, -0.2) is 35.3 Å². The lowest BCUT2D eigenvalue weighted by Crippen LogP contribution is -2.48. The standard InChI is InChI=1S/C27H25N3O6S/c1-19-24(28-27(36-19)21-9-3-2-4-10-21)18-35-23-12-7-8-20(14-23)15-29(17-26(31)32)37(33,34)30-16-22-11-5-6-13-25(22)30/h2-14H,15-18H2,1H3,(H,31,32). The van der Waals surface area contributed by atoms with Crippen LogP contribution >= 0.6 is 0 Å². The van der Waals surface area contributed by atoms with Crippen LogP contribution in [0.15, 0.2) is 83.3 Å². The van der Waals surface area contributed by atoms with Gasteiger partial charge in [-0.2, -0.15) is 12.7 Å². The fraction of sp³-hybridized carbons (Fsp3) is 0.185. The first kappa shape index (κ1) is 24.5. The molecule has 4 aromatic rings. The highest BCUT2D eigenvalue weighted by atomic mass is 32.2. The van der Waals surface area contributed by atoms with E-state index < -0.39 is 22.7 Å². The minimum Gasteiger partial charge on any atom is -0.487 e. The summed E-state index contributed by atoms with van der Waals surface area (Å²) < 4.78 is 40.5. The molecule has 0 aliphatic carbocycles. The van der Waals surface area contributed by atoms with Crippen LogP contribution in [0.25, 0.3) is 11.5 Å². The predicted molar refractivity (Wildman–Crippen MR) is 137 cm³/mol. The maximum atomic E-state index is 13.3. The van der Waals surface area contributed by atoms with E-state index in [1.54, 1.807) is 36.4 Å². The minimum absolute atomic E-state index is 0.119. The van der Waals surface area contributed by atoms with Crippen LogP contribution in [0, 0.1) is 6.92 Å². The molecule has 0 spiro atoms. The molecule has 2 heterocycles. The number of oxazole rings is 1. The van der Waals surface area contributed by atoms with Crippen LogP contribution in [0.2, 0.25) is 0 Å². The van der Waals surface area contributed by atoms with E-state index in [2.05, 4.69) is 4.98 Å². The number of aryl methyl sites for hydroxylation is 1. The number of hydrogen-bond acceptors (Lipinski definition) is 6. The normalized spacial score (nSPS) is 12.8. The molecule has 0 fully saturated rings. The van der Waals surface area contributed by atoms with E-state index in [4.69, 9.17) is 9.15 Å². The van der Waals surface area contributed by atoms with Crippen molar-refractivity contribution in [3.8, 4) is 17.2 Å². The zero-order valence-electron chi connectivity index (χ0n) is 20.1. The number of aromatic nitrogens is 1. The third-order valence-corrected chi connectivity index (χ3v) is 7.83.